The molecule has 2 aromatic carbocycles. The average Bonchev–Trinajstić information content (AvgIpc) is 3.01. The highest BCUT2D eigenvalue weighted by Gasteiger charge is 2.16. The first-order valence-electron chi connectivity index (χ1n) is 7.94. The molecule has 0 saturated heterocycles. The fraction of sp³-hybridized carbons (Fsp3) is 0.111. The molecule has 0 aliphatic heterocycles. The lowest BCUT2D eigenvalue weighted by molar-refractivity contribution is 0.102. The van der Waals surface area contributed by atoms with E-state index in [4.69, 9.17) is 0 Å². The number of aromatic amines is 1. The Hall–Kier alpha value is -3.55. The summed E-state index contributed by atoms with van der Waals surface area (Å²) in [5.41, 5.74) is 1.14. The number of hydrogen-bond acceptors (Lipinski definition) is 4. The molecule has 132 valence electrons. The first-order valence-corrected chi connectivity index (χ1v) is 7.94. The SMILES string of the molecule is CCc1ccc(C=Nn2[nH]nc(C(=O)Nc3cccc(F)c3)c2=O)cc1. The van der Waals surface area contributed by atoms with Gasteiger partial charge in [-0.15, -0.1) is 9.89 Å². The number of aryl methyl sites for hydroxylation is 1. The maximum absolute atomic E-state index is 13.2. The molecule has 0 bridgehead atoms. The van der Waals surface area contributed by atoms with E-state index in [1.54, 1.807) is 0 Å². The molecule has 0 unspecified atom stereocenters. The molecule has 2 N–H and O–H groups in total. The van der Waals surface area contributed by atoms with Gasteiger partial charge in [0.1, 0.15) is 5.82 Å². The second-order valence-electron chi connectivity index (χ2n) is 5.48. The van der Waals surface area contributed by atoms with E-state index in [0.29, 0.717) is 0 Å². The maximum atomic E-state index is 13.2. The van der Waals surface area contributed by atoms with Gasteiger partial charge in [0.2, 0.25) is 5.69 Å². The summed E-state index contributed by atoms with van der Waals surface area (Å²) in [6.07, 6.45) is 2.41. The zero-order valence-electron chi connectivity index (χ0n) is 13.9. The molecule has 0 aliphatic rings. The molecule has 3 aromatic rings. The molecule has 7 nitrogen and oxygen atoms in total. The topological polar surface area (TPSA) is 92.1 Å². The minimum Gasteiger partial charge on any atom is -0.320 e. The van der Waals surface area contributed by atoms with Crippen molar-refractivity contribution in [3.63, 3.8) is 0 Å². The third-order valence-corrected chi connectivity index (χ3v) is 3.66. The highest BCUT2D eigenvalue weighted by molar-refractivity contribution is 6.02. The van der Waals surface area contributed by atoms with Crippen LogP contribution in [-0.2, 0) is 6.42 Å². The van der Waals surface area contributed by atoms with Crippen molar-refractivity contribution >= 4 is 17.8 Å². The molecule has 0 aliphatic carbocycles. The Balaban J connectivity index is 1.75. The Morgan fingerprint density at radius 2 is 2.08 bits per heavy atom. The fourth-order valence-electron chi connectivity index (χ4n) is 2.24. The second kappa shape index (κ2) is 7.56. The van der Waals surface area contributed by atoms with E-state index in [2.05, 4.69) is 27.7 Å². The van der Waals surface area contributed by atoms with E-state index in [1.165, 1.54) is 30.0 Å². The van der Waals surface area contributed by atoms with Crippen LogP contribution in [0.15, 0.2) is 58.4 Å². The lowest BCUT2D eigenvalue weighted by atomic mass is 10.1. The smallest absolute Gasteiger partial charge is 0.320 e. The number of benzene rings is 2. The highest BCUT2D eigenvalue weighted by atomic mass is 19.1. The van der Waals surface area contributed by atoms with Crippen LogP contribution in [0.3, 0.4) is 0 Å². The number of hydrogen-bond donors (Lipinski definition) is 2. The van der Waals surface area contributed by atoms with Crippen LogP contribution in [0, 0.1) is 5.82 Å². The van der Waals surface area contributed by atoms with Gasteiger partial charge in [-0.1, -0.05) is 37.3 Å². The molecular formula is C18H16FN5O2. The number of anilines is 1. The summed E-state index contributed by atoms with van der Waals surface area (Å²) in [6.45, 7) is 2.06. The lowest BCUT2D eigenvalue weighted by Crippen LogP contribution is -2.23. The van der Waals surface area contributed by atoms with Crippen LogP contribution < -0.4 is 10.9 Å². The molecule has 1 amide bonds. The number of H-pyrrole nitrogens is 1. The van der Waals surface area contributed by atoms with Gasteiger partial charge in [-0.2, -0.15) is 10.3 Å². The molecular weight excluding hydrogens is 337 g/mol. The van der Waals surface area contributed by atoms with Crippen LogP contribution in [-0.4, -0.2) is 27.2 Å². The minimum atomic E-state index is -0.752. The highest BCUT2D eigenvalue weighted by Crippen LogP contribution is 2.09. The van der Waals surface area contributed by atoms with Crippen LogP contribution in [0.1, 0.15) is 28.5 Å². The normalized spacial score (nSPS) is 11.0. The number of carbonyl (C=O) groups excluding carboxylic acids is 1. The van der Waals surface area contributed by atoms with Crippen molar-refractivity contribution in [1.82, 2.24) is 15.1 Å². The van der Waals surface area contributed by atoms with Crippen molar-refractivity contribution in [2.75, 3.05) is 5.32 Å². The zero-order valence-corrected chi connectivity index (χ0v) is 13.9. The van der Waals surface area contributed by atoms with E-state index in [9.17, 15) is 14.0 Å². The van der Waals surface area contributed by atoms with E-state index < -0.39 is 17.3 Å². The molecule has 0 fully saturated rings. The Morgan fingerprint density at radius 3 is 2.77 bits per heavy atom. The van der Waals surface area contributed by atoms with Crippen molar-refractivity contribution in [2.45, 2.75) is 13.3 Å². The largest absolute Gasteiger partial charge is 0.320 e. The summed E-state index contributed by atoms with van der Waals surface area (Å²) < 4.78 is 13.2. The van der Waals surface area contributed by atoms with Crippen molar-refractivity contribution in [3.8, 4) is 0 Å². The number of nitrogens with one attached hydrogen (secondary N) is 2. The van der Waals surface area contributed by atoms with Gasteiger partial charge >= 0.3 is 5.56 Å². The number of aromatic nitrogens is 3. The Labute approximate surface area is 148 Å². The van der Waals surface area contributed by atoms with E-state index in [0.717, 1.165) is 22.8 Å². The predicted octanol–water partition coefficient (Wildman–Crippen LogP) is 2.41. The van der Waals surface area contributed by atoms with Gasteiger partial charge < -0.3 is 5.32 Å². The Morgan fingerprint density at radius 1 is 1.31 bits per heavy atom. The van der Waals surface area contributed by atoms with Crippen molar-refractivity contribution < 1.29 is 9.18 Å². The maximum Gasteiger partial charge on any atom is 0.320 e. The number of halogens is 1. The second-order valence-corrected chi connectivity index (χ2v) is 5.48. The summed E-state index contributed by atoms with van der Waals surface area (Å²) in [4.78, 5) is 25.2. The van der Waals surface area contributed by atoms with Crippen molar-refractivity contribution in [2.24, 2.45) is 5.10 Å². The first-order chi connectivity index (χ1) is 12.6. The molecule has 0 saturated carbocycles. The average molecular weight is 353 g/mol. The van der Waals surface area contributed by atoms with Crippen LogP contribution in [0.25, 0.3) is 0 Å². The number of rotatable bonds is 5. The van der Waals surface area contributed by atoms with Crippen LogP contribution >= 0.6 is 0 Å². The van der Waals surface area contributed by atoms with Gasteiger partial charge in [0.25, 0.3) is 5.91 Å². The molecule has 26 heavy (non-hydrogen) atoms. The fourth-order valence-corrected chi connectivity index (χ4v) is 2.24. The molecule has 1 heterocycles. The third-order valence-electron chi connectivity index (χ3n) is 3.66. The predicted molar refractivity (Wildman–Crippen MR) is 96.0 cm³/mol. The van der Waals surface area contributed by atoms with Crippen molar-refractivity contribution in [1.29, 1.82) is 0 Å². The molecule has 0 atom stereocenters. The van der Waals surface area contributed by atoms with Crippen molar-refractivity contribution in [3.05, 3.63) is 81.5 Å². The number of carbonyl (C=O) groups is 1. The molecule has 1 aromatic heterocycles. The van der Waals surface area contributed by atoms with Crippen LogP contribution in [0.5, 0.6) is 0 Å². The van der Waals surface area contributed by atoms with Gasteiger partial charge in [-0.25, -0.2) is 4.39 Å². The third kappa shape index (κ3) is 3.92. The van der Waals surface area contributed by atoms with Crippen LogP contribution in [0.2, 0.25) is 0 Å². The van der Waals surface area contributed by atoms with Crippen LogP contribution in [0.4, 0.5) is 10.1 Å². The lowest BCUT2D eigenvalue weighted by Gasteiger charge is -2.01. The summed E-state index contributed by atoms with van der Waals surface area (Å²) in [6, 6.07) is 13.0. The van der Waals surface area contributed by atoms with E-state index in [1.807, 2.05) is 24.3 Å². The monoisotopic (exact) mass is 353 g/mol. The standard InChI is InChI=1S/C18H16FN5O2/c1-2-12-6-8-13(9-7-12)11-20-24-18(26)16(22-23-24)17(25)21-15-5-3-4-14(19)10-15/h3-11,23H,2H2,1H3,(H,21,25). The van der Waals surface area contributed by atoms with E-state index in [-0.39, 0.29) is 11.4 Å². The number of amides is 1. The molecule has 0 spiro atoms. The first kappa shape index (κ1) is 17.3. The number of nitrogens with zero attached hydrogens (tertiary/aromatic N) is 3. The zero-order chi connectivity index (χ0) is 18.5. The molecule has 3 rings (SSSR count). The quantitative estimate of drug-likeness (QED) is 0.690. The summed E-state index contributed by atoms with van der Waals surface area (Å²) in [7, 11) is 0. The minimum absolute atomic E-state index is 0.225. The summed E-state index contributed by atoms with van der Waals surface area (Å²) in [5, 5.41) is 12.4. The Bertz CT molecular complexity index is 1000. The summed E-state index contributed by atoms with van der Waals surface area (Å²) in [5.74, 6) is -1.25. The van der Waals surface area contributed by atoms with Gasteiger partial charge in [-0.05, 0) is 35.7 Å². The van der Waals surface area contributed by atoms with Gasteiger partial charge in [0, 0.05) is 5.69 Å². The van der Waals surface area contributed by atoms with E-state index >= 15 is 0 Å². The molecule has 0 radical (unpaired) electrons. The van der Waals surface area contributed by atoms with Gasteiger partial charge in [-0.3, -0.25) is 9.59 Å². The summed E-state index contributed by atoms with van der Waals surface area (Å²) >= 11 is 0. The Kier molecular flexibility index (Phi) is 5.02. The van der Waals surface area contributed by atoms with Gasteiger partial charge in [0.15, 0.2) is 0 Å². The molecule has 8 heteroatoms. The van der Waals surface area contributed by atoms with Gasteiger partial charge in [0.05, 0.1) is 6.21 Å².